The summed E-state index contributed by atoms with van der Waals surface area (Å²) >= 11 is 6.09. The van der Waals surface area contributed by atoms with E-state index in [4.69, 9.17) is 17.3 Å². The van der Waals surface area contributed by atoms with E-state index in [0.717, 1.165) is 5.56 Å². The molecule has 2 aromatic rings. The summed E-state index contributed by atoms with van der Waals surface area (Å²) in [5, 5.41) is 0.597. The molecule has 3 rings (SSSR count). The van der Waals surface area contributed by atoms with E-state index in [-0.39, 0.29) is 17.9 Å². The lowest BCUT2D eigenvalue weighted by Crippen LogP contribution is -2.63. The zero-order valence-corrected chi connectivity index (χ0v) is 12.3. The smallest absolute Gasteiger partial charge is 0.269 e. The highest BCUT2D eigenvalue weighted by Gasteiger charge is 2.48. The molecule has 6 heteroatoms. The summed E-state index contributed by atoms with van der Waals surface area (Å²) in [5.41, 5.74) is 10.1. The maximum Gasteiger partial charge on any atom is 0.269 e. The Hall–Kier alpha value is -2.53. The number of halogens is 1. The predicted molar refractivity (Wildman–Crippen MR) is 84.0 cm³/mol. The molecule has 0 aromatic heterocycles. The van der Waals surface area contributed by atoms with Crippen molar-refractivity contribution in [2.24, 2.45) is 0 Å². The van der Waals surface area contributed by atoms with Crippen LogP contribution < -0.4 is 11.2 Å². The average Bonchev–Trinajstić information content (AvgIpc) is 2.55. The number of alkyl halides is 1. The van der Waals surface area contributed by atoms with Crippen molar-refractivity contribution in [2.45, 2.75) is 11.4 Å². The summed E-state index contributed by atoms with van der Waals surface area (Å²) in [6.45, 7) is 0. The molecule has 0 radical (unpaired) electrons. The van der Waals surface area contributed by atoms with E-state index in [1.54, 1.807) is 24.3 Å². The number of hydrogen-bond acceptors (Lipinski definition) is 3. The number of benzene rings is 2. The summed E-state index contributed by atoms with van der Waals surface area (Å²) in [6, 6.07) is 15.4. The number of anilines is 1. The molecule has 2 atom stereocenters. The topological polar surface area (TPSA) is 75.4 Å². The number of carbonyl (C=O) groups excluding carboxylic acids is 2. The molecule has 1 fully saturated rings. The van der Waals surface area contributed by atoms with Crippen LogP contribution in [-0.4, -0.2) is 22.2 Å². The lowest BCUT2D eigenvalue weighted by atomic mass is 9.95. The van der Waals surface area contributed by atoms with Crippen molar-refractivity contribution in [3.63, 3.8) is 0 Å². The molecule has 3 N–H and O–H groups in total. The first-order valence-corrected chi connectivity index (χ1v) is 7.20. The Morgan fingerprint density at radius 1 is 1.09 bits per heavy atom. The number of carbonyl (C=O) groups is 2. The molecule has 5 nitrogen and oxygen atoms in total. The van der Waals surface area contributed by atoms with Gasteiger partial charge in [-0.15, -0.1) is 11.6 Å². The van der Waals surface area contributed by atoms with Crippen LogP contribution in [-0.2, 0) is 4.79 Å². The van der Waals surface area contributed by atoms with E-state index in [9.17, 15) is 9.59 Å². The van der Waals surface area contributed by atoms with Gasteiger partial charge in [0.1, 0.15) is 11.4 Å². The molecule has 2 aromatic carbocycles. The van der Waals surface area contributed by atoms with Crippen molar-refractivity contribution in [1.82, 2.24) is 10.4 Å². The van der Waals surface area contributed by atoms with Gasteiger partial charge in [-0.05, 0) is 29.8 Å². The summed E-state index contributed by atoms with van der Waals surface area (Å²) in [5.74, 6) is -0.697. The van der Waals surface area contributed by atoms with Crippen LogP contribution in [0.5, 0.6) is 0 Å². The van der Waals surface area contributed by atoms with Crippen LogP contribution in [0.15, 0.2) is 54.6 Å². The monoisotopic (exact) mass is 315 g/mol. The molecule has 0 spiro atoms. The Labute approximate surface area is 132 Å². The number of hydrogen-bond donors (Lipinski definition) is 2. The molecule has 1 aliphatic rings. The zero-order valence-electron chi connectivity index (χ0n) is 11.6. The van der Waals surface area contributed by atoms with Crippen LogP contribution in [0, 0.1) is 0 Å². The summed E-state index contributed by atoms with van der Waals surface area (Å²) < 4.78 is 0. The molecule has 0 aliphatic carbocycles. The van der Waals surface area contributed by atoms with Crippen molar-refractivity contribution in [3.05, 3.63) is 65.7 Å². The maximum atomic E-state index is 12.2. The fourth-order valence-corrected chi connectivity index (χ4v) is 2.72. The second kappa shape index (κ2) is 5.69. The molecule has 1 heterocycles. The van der Waals surface area contributed by atoms with Gasteiger partial charge in [0.2, 0.25) is 0 Å². The standard InChI is InChI=1S/C16H14ClN3O2/c17-13-14(10-4-2-1-3-5-10)20(16(13)22)19-15(21)11-6-8-12(18)9-7-11/h1-9,13-14H,18H2,(H,19,21)/t13-,14-/m0/s1. The van der Waals surface area contributed by atoms with Gasteiger partial charge in [0.05, 0.1) is 0 Å². The lowest BCUT2D eigenvalue weighted by Gasteiger charge is -2.43. The van der Waals surface area contributed by atoms with Crippen LogP contribution in [0.3, 0.4) is 0 Å². The minimum absolute atomic E-state index is 0.320. The molecule has 112 valence electrons. The van der Waals surface area contributed by atoms with Gasteiger partial charge in [-0.1, -0.05) is 30.3 Å². The quantitative estimate of drug-likeness (QED) is 0.517. The third-order valence-corrected chi connectivity index (χ3v) is 3.99. The van der Waals surface area contributed by atoms with E-state index in [1.807, 2.05) is 30.3 Å². The first-order chi connectivity index (χ1) is 10.6. The number of β-lactam (4-membered cyclic amide) rings is 1. The minimum atomic E-state index is -0.672. The van der Waals surface area contributed by atoms with Crippen LogP contribution in [0.25, 0.3) is 0 Å². The first kappa shape index (κ1) is 14.4. The number of hydrazine groups is 1. The molecule has 0 saturated carbocycles. The Balaban J connectivity index is 1.77. The first-order valence-electron chi connectivity index (χ1n) is 6.76. The fraction of sp³-hybridized carbons (Fsp3) is 0.125. The Bertz CT molecular complexity index is 703. The highest BCUT2D eigenvalue weighted by Crippen LogP contribution is 2.36. The van der Waals surface area contributed by atoms with Crippen molar-refractivity contribution < 1.29 is 9.59 Å². The van der Waals surface area contributed by atoms with Gasteiger partial charge in [0.25, 0.3) is 11.8 Å². The van der Waals surface area contributed by atoms with Gasteiger partial charge in [-0.2, -0.15) is 0 Å². The highest BCUT2D eigenvalue weighted by atomic mass is 35.5. The fourth-order valence-electron chi connectivity index (χ4n) is 2.36. The van der Waals surface area contributed by atoms with Crippen molar-refractivity contribution in [1.29, 1.82) is 0 Å². The molecule has 0 unspecified atom stereocenters. The molecule has 22 heavy (non-hydrogen) atoms. The number of rotatable bonds is 3. The van der Waals surface area contributed by atoms with Gasteiger partial charge in [-0.25, -0.2) is 5.01 Å². The number of nitrogens with one attached hydrogen (secondary N) is 1. The van der Waals surface area contributed by atoms with Crippen LogP contribution >= 0.6 is 11.6 Å². The van der Waals surface area contributed by atoms with Crippen LogP contribution in [0.2, 0.25) is 0 Å². The van der Waals surface area contributed by atoms with Crippen LogP contribution in [0.1, 0.15) is 22.0 Å². The van der Waals surface area contributed by atoms with Gasteiger partial charge in [0, 0.05) is 11.3 Å². The minimum Gasteiger partial charge on any atom is -0.399 e. The highest BCUT2D eigenvalue weighted by molar-refractivity contribution is 6.33. The van der Waals surface area contributed by atoms with Crippen molar-refractivity contribution >= 4 is 29.1 Å². The van der Waals surface area contributed by atoms with Crippen molar-refractivity contribution in [2.75, 3.05) is 5.73 Å². The summed E-state index contributed by atoms with van der Waals surface area (Å²) in [4.78, 5) is 24.1. The van der Waals surface area contributed by atoms with E-state index in [0.29, 0.717) is 11.3 Å². The third-order valence-electron chi connectivity index (χ3n) is 3.56. The van der Waals surface area contributed by atoms with Crippen molar-refractivity contribution in [3.8, 4) is 0 Å². The normalized spacial score (nSPS) is 20.4. The van der Waals surface area contributed by atoms with Gasteiger partial charge >= 0.3 is 0 Å². The van der Waals surface area contributed by atoms with E-state index >= 15 is 0 Å². The zero-order chi connectivity index (χ0) is 15.7. The molecule has 1 saturated heterocycles. The lowest BCUT2D eigenvalue weighted by molar-refractivity contribution is -0.149. The number of nitrogens with zero attached hydrogens (tertiary/aromatic N) is 1. The Kier molecular flexibility index (Phi) is 3.73. The summed E-state index contributed by atoms with van der Waals surface area (Å²) in [6.07, 6.45) is 0. The van der Waals surface area contributed by atoms with E-state index in [1.165, 1.54) is 5.01 Å². The second-order valence-corrected chi connectivity index (χ2v) is 5.50. The molecule has 2 amide bonds. The largest absolute Gasteiger partial charge is 0.399 e. The Morgan fingerprint density at radius 2 is 1.73 bits per heavy atom. The number of nitrogens with two attached hydrogens (primary N) is 1. The second-order valence-electron chi connectivity index (χ2n) is 5.03. The van der Waals surface area contributed by atoms with Gasteiger partial charge in [-0.3, -0.25) is 15.0 Å². The SMILES string of the molecule is Nc1ccc(C(=O)NN2C(=O)[C@@H](Cl)[C@@H]2c2ccccc2)cc1. The maximum absolute atomic E-state index is 12.2. The van der Waals surface area contributed by atoms with Crippen LogP contribution in [0.4, 0.5) is 5.69 Å². The predicted octanol–water partition coefficient (Wildman–Crippen LogP) is 2.10. The molecule has 0 bridgehead atoms. The summed E-state index contributed by atoms with van der Waals surface area (Å²) in [7, 11) is 0. The Morgan fingerprint density at radius 3 is 2.36 bits per heavy atom. The third kappa shape index (κ3) is 2.51. The van der Waals surface area contributed by atoms with Gasteiger partial charge in [0.15, 0.2) is 0 Å². The van der Waals surface area contributed by atoms with E-state index < -0.39 is 5.38 Å². The van der Waals surface area contributed by atoms with Gasteiger partial charge < -0.3 is 5.73 Å². The molecular formula is C16H14ClN3O2. The average molecular weight is 316 g/mol. The number of amides is 2. The molecular weight excluding hydrogens is 302 g/mol. The van der Waals surface area contributed by atoms with E-state index in [2.05, 4.69) is 5.43 Å². The number of nitrogen functional groups attached to an aromatic ring is 1. The molecule has 1 aliphatic heterocycles.